The zero-order valence-electron chi connectivity index (χ0n) is 9.16. The monoisotopic (exact) mass is 237 g/mol. The number of hydrogen-bond donors (Lipinski definition) is 1. The SMILES string of the molecule is O=C(N[C@H]1CCCC[C@H]1Cl)c1ccccc1. The normalized spacial score (nSPS) is 25.1. The Morgan fingerprint density at radius 2 is 1.88 bits per heavy atom. The van der Waals surface area contributed by atoms with E-state index in [2.05, 4.69) is 5.32 Å². The third-order valence-electron chi connectivity index (χ3n) is 3.03. The van der Waals surface area contributed by atoms with Gasteiger partial charge in [-0.05, 0) is 25.0 Å². The molecule has 1 N–H and O–H groups in total. The van der Waals surface area contributed by atoms with Crippen LogP contribution in [0.4, 0.5) is 0 Å². The molecular weight excluding hydrogens is 222 g/mol. The molecule has 86 valence electrons. The molecule has 0 aliphatic heterocycles. The van der Waals surface area contributed by atoms with Crippen molar-refractivity contribution in [1.82, 2.24) is 5.32 Å². The summed E-state index contributed by atoms with van der Waals surface area (Å²) in [6.45, 7) is 0. The average Bonchev–Trinajstić information content (AvgIpc) is 2.33. The van der Waals surface area contributed by atoms with Crippen molar-refractivity contribution >= 4 is 17.5 Å². The minimum absolute atomic E-state index is 0.0156. The summed E-state index contributed by atoms with van der Waals surface area (Å²) in [4.78, 5) is 11.9. The molecule has 3 heteroatoms. The Labute approximate surface area is 101 Å². The van der Waals surface area contributed by atoms with Gasteiger partial charge in [-0.15, -0.1) is 11.6 Å². The Balaban J connectivity index is 1.96. The van der Waals surface area contributed by atoms with Crippen molar-refractivity contribution in [3.63, 3.8) is 0 Å². The average molecular weight is 238 g/mol. The van der Waals surface area contributed by atoms with Crippen molar-refractivity contribution < 1.29 is 4.79 Å². The van der Waals surface area contributed by atoms with Crippen molar-refractivity contribution in [2.24, 2.45) is 0 Å². The fourth-order valence-corrected chi connectivity index (χ4v) is 2.43. The molecule has 0 heterocycles. The van der Waals surface area contributed by atoms with E-state index in [9.17, 15) is 4.79 Å². The molecule has 0 aromatic heterocycles. The molecule has 2 nitrogen and oxygen atoms in total. The number of halogens is 1. The Kier molecular flexibility index (Phi) is 3.83. The summed E-state index contributed by atoms with van der Waals surface area (Å²) in [7, 11) is 0. The van der Waals surface area contributed by atoms with Crippen LogP contribution < -0.4 is 5.32 Å². The number of amides is 1. The number of alkyl halides is 1. The molecule has 16 heavy (non-hydrogen) atoms. The van der Waals surface area contributed by atoms with E-state index < -0.39 is 0 Å². The molecule has 2 rings (SSSR count). The van der Waals surface area contributed by atoms with Crippen LogP contribution in [-0.4, -0.2) is 17.3 Å². The van der Waals surface area contributed by atoms with Gasteiger partial charge in [0, 0.05) is 11.6 Å². The lowest BCUT2D eigenvalue weighted by Gasteiger charge is -2.27. The van der Waals surface area contributed by atoms with Crippen LogP contribution in [0.3, 0.4) is 0 Å². The van der Waals surface area contributed by atoms with Gasteiger partial charge in [-0.2, -0.15) is 0 Å². The van der Waals surface area contributed by atoms with E-state index >= 15 is 0 Å². The maximum absolute atomic E-state index is 11.9. The fraction of sp³-hybridized carbons (Fsp3) is 0.462. The molecule has 1 aromatic rings. The van der Waals surface area contributed by atoms with Crippen molar-refractivity contribution in [2.45, 2.75) is 37.1 Å². The highest BCUT2D eigenvalue weighted by atomic mass is 35.5. The minimum atomic E-state index is -0.0156. The first-order valence-electron chi connectivity index (χ1n) is 5.77. The van der Waals surface area contributed by atoms with Crippen molar-refractivity contribution in [2.75, 3.05) is 0 Å². The highest BCUT2D eigenvalue weighted by Gasteiger charge is 2.24. The largest absolute Gasteiger partial charge is 0.348 e. The van der Waals surface area contributed by atoms with E-state index in [0.29, 0.717) is 5.56 Å². The highest BCUT2D eigenvalue weighted by molar-refractivity contribution is 6.21. The van der Waals surface area contributed by atoms with Gasteiger partial charge in [0.25, 0.3) is 5.91 Å². The van der Waals surface area contributed by atoms with Crippen LogP contribution in [0.5, 0.6) is 0 Å². The smallest absolute Gasteiger partial charge is 0.251 e. The lowest BCUT2D eigenvalue weighted by atomic mass is 9.94. The number of rotatable bonds is 2. The first kappa shape index (κ1) is 11.5. The summed E-state index contributed by atoms with van der Waals surface area (Å²) in [5.74, 6) is -0.0156. The maximum atomic E-state index is 11.9. The zero-order valence-corrected chi connectivity index (χ0v) is 9.91. The second-order valence-electron chi connectivity index (χ2n) is 4.25. The summed E-state index contributed by atoms with van der Waals surface area (Å²) in [6.07, 6.45) is 4.32. The lowest BCUT2D eigenvalue weighted by Crippen LogP contribution is -2.42. The van der Waals surface area contributed by atoms with E-state index in [-0.39, 0.29) is 17.3 Å². The molecule has 1 saturated carbocycles. The van der Waals surface area contributed by atoms with E-state index in [0.717, 1.165) is 19.3 Å². The van der Waals surface area contributed by atoms with Gasteiger partial charge in [0.05, 0.1) is 5.38 Å². The van der Waals surface area contributed by atoms with Crippen LogP contribution in [-0.2, 0) is 0 Å². The molecule has 1 amide bonds. The molecule has 1 aliphatic carbocycles. The van der Waals surface area contributed by atoms with Crippen LogP contribution in [0, 0.1) is 0 Å². The van der Waals surface area contributed by atoms with Crippen molar-refractivity contribution in [3.05, 3.63) is 35.9 Å². The number of nitrogens with one attached hydrogen (secondary N) is 1. The third-order valence-corrected chi connectivity index (χ3v) is 3.56. The third kappa shape index (κ3) is 2.76. The van der Waals surface area contributed by atoms with Crippen LogP contribution in [0.15, 0.2) is 30.3 Å². The molecule has 0 saturated heterocycles. The van der Waals surface area contributed by atoms with Gasteiger partial charge in [-0.3, -0.25) is 4.79 Å². The summed E-state index contributed by atoms with van der Waals surface area (Å²) < 4.78 is 0. The van der Waals surface area contributed by atoms with Gasteiger partial charge in [0.15, 0.2) is 0 Å². The molecule has 0 bridgehead atoms. The second kappa shape index (κ2) is 5.35. The maximum Gasteiger partial charge on any atom is 0.251 e. The highest BCUT2D eigenvalue weighted by Crippen LogP contribution is 2.23. The van der Waals surface area contributed by atoms with Crippen molar-refractivity contribution in [1.29, 1.82) is 0 Å². The van der Waals surface area contributed by atoms with Gasteiger partial charge in [-0.1, -0.05) is 31.0 Å². The molecular formula is C13H16ClNO. The zero-order chi connectivity index (χ0) is 11.4. The lowest BCUT2D eigenvalue weighted by molar-refractivity contribution is 0.0928. The van der Waals surface area contributed by atoms with E-state index in [1.165, 1.54) is 6.42 Å². The molecule has 1 aromatic carbocycles. The van der Waals surface area contributed by atoms with Gasteiger partial charge < -0.3 is 5.32 Å². The van der Waals surface area contributed by atoms with Gasteiger partial charge in [-0.25, -0.2) is 0 Å². The second-order valence-corrected chi connectivity index (χ2v) is 4.81. The Morgan fingerprint density at radius 1 is 1.19 bits per heavy atom. The molecule has 0 spiro atoms. The molecule has 1 aliphatic rings. The number of carbonyl (C=O) groups is 1. The van der Waals surface area contributed by atoms with E-state index in [4.69, 9.17) is 11.6 Å². The number of carbonyl (C=O) groups excluding carboxylic acids is 1. The predicted octanol–water partition coefficient (Wildman–Crippen LogP) is 2.97. The minimum Gasteiger partial charge on any atom is -0.348 e. The van der Waals surface area contributed by atoms with E-state index in [1.807, 2.05) is 30.3 Å². The first-order valence-corrected chi connectivity index (χ1v) is 6.21. The van der Waals surface area contributed by atoms with Crippen LogP contribution in [0.2, 0.25) is 0 Å². The summed E-state index contributed by atoms with van der Waals surface area (Å²) in [5.41, 5.74) is 0.706. The van der Waals surface area contributed by atoms with Crippen LogP contribution in [0.25, 0.3) is 0 Å². The summed E-state index contributed by atoms with van der Waals surface area (Å²) >= 11 is 6.20. The first-order chi connectivity index (χ1) is 7.77. The number of benzene rings is 1. The Morgan fingerprint density at radius 3 is 2.56 bits per heavy atom. The predicted molar refractivity (Wildman–Crippen MR) is 65.8 cm³/mol. The fourth-order valence-electron chi connectivity index (χ4n) is 2.09. The molecule has 2 atom stereocenters. The molecule has 0 unspecified atom stereocenters. The van der Waals surface area contributed by atoms with Gasteiger partial charge in [0.2, 0.25) is 0 Å². The quantitative estimate of drug-likeness (QED) is 0.788. The van der Waals surface area contributed by atoms with Crippen LogP contribution >= 0.6 is 11.6 Å². The Hall–Kier alpha value is -1.02. The standard InChI is InChI=1S/C13H16ClNO/c14-11-8-4-5-9-12(11)15-13(16)10-6-2-1-3-7-10/h1-3,6-7,11-12H,4-5,8-9H2,(H,15,16)/t11-,12+/m1/s1. The molecule has 1 fully saturated rings. The summed E-state index contributed by atoms with van der Waals surface area (Å²) in [6, 6.07) is 9.41. The Bertz CT molecular complexity index is 352. The van der Waals surface area contributed by atoms with E-state index in [1.54, 1.807) is 0 Å². The summed E-state index contributed by atoms with van der Waals surface area (Å²) in [5, 5.41) is 3.10. The van der Waals surface area contributed by atoms with Gasteiger partial charge in [0.1, 0.15) is 0 Å². The topological polar surface area (TPSA) is 29.1 Å². The van der Waals surface area contributed by atoms with Crippen LogP contribution in [0.1, 0.15) is 36.0 Å². The molecule has 0 radical (unpaired) electrons. The van der Waals surface area contributed by atoms with Crippen molar-refractivity contribution in [3.8, 4) is 0 Å². The number of hydrogen-bond acceptors (Lipinski definition) is 1. The van der Waals surface area contributed by atoms with Gasteiger partial charge >= 0.3 is 0 Å².